The van der Waals surface area contributed by atoms with E-state index >= 15 is 0 Å². The lowest BCUT2D eigenvalue weighted by atomic mass is 10.0. The molecule has 3 nitrogen and oxygen atoms in total. The first-order chi connectivity index (χ1) is 22.3. The molecule has 0 fully saturated rings. The van der Waals surface area contributed by atoms with Crippen molar-refractivity contribution in [2.45, 2.75) is 0 Å². The second-order valence-corrected chi connectivity index (χ2v) is 12.1. The van der Waals surface area contributed by atoms with Gasteiger partial charge in [-0.05, 0) is 59.7 Å². The summed E-state index contributed by atoms with van der Waals surface area (Å²) in [5.74, 6) is 0. The Kier molecular flexibility index (Phi) is 4.32. The van der Waals surface area contributed by atoms with E-state index < -0.39 is 0 Å². The summed E-state index contributed by atoms with van der Waals surface area (Å²) in [6.07, 6.45) is 0. The summed E-state index contributed by atoms with van der Waals surface area (Å²) in [5, 5.41) is 10.0. The number of benzene rings is 7. The summed E-state index contributed by atoms with van der Waals surface area (Å²) >= 11 is 0. The van der Waals surface area contributed by atoms with E-state index in [4.69, 9.17) is 4.42 Å². The summed E-state index contributed by atoms with van der Waals surface area (Å²) in [6, 6.07) is 52.9. The molecule has 11 aromatic rings. The summed E-state index contributed by atoms with van der Waals surface area (Å²) in [5.41, 5.74) is 11.5. The van der Waals surface area contributed by atoms with Crippen LogP contribution in [0.2, 0.25) is 0 Å². The number of para-hydroxylation sites is 4. The van der Waals surface area contributed by atoms with Crippen LogP contribution in [0, 0.1) is 0 Å². The van der Waals surface area contributed by atoms with Crippen LogP contribution in [0.4, 0.5) is 0 Å². The van der Waals surface area contributed by atoms with Gasteiger partial charge >= 0.3 is 0 Å². The minimum atomic E-state index is 0.905. The highest BCUT2D eigenvalue weighted by molar-refractivity contribution is 6.23. The smallest absolute Gasteiger partial charge is 0.137 e. The molecule has 0 aliphatic carbocycles. The van der Waals surface area contributed by atoms with E-state index in [0.29, 0.717) is 0 Å². The molecule has 0 saturated carbocycles. The third-order valence-electron chi connectivity index (χ3n) is 9.85. The second-order valence-electron chi connectivity index (χ2n) is 12.1. The van der Waals surface area contributed by atoms with E-state index in [-0.39, 0.29) is 0 Å². The monoisotopic (exact) mass is 572 g/mol. The highest BCUT2D eigenvalue weighted by Crippen LogP contribution is 2.41. The van der Waals surface area contributed by atoms with Gasteiger partial charge in [0.1, 0.15) is 11.2 Å². The quantitative estimate of drug-likeness (QED) is 0.202. The zero-order valence-electron chi connectivity index (χ0n) is 24.2. The molecule has 0 unspecified atom stereocenters. The van der Waals surface area contributed by atoms with Crippen molar-refractivity contribution in [3.63, 3.8) is 0 Å². The Bertz CT molecular complexity index is 2990. The second kappa shape index (κ2) is 8.31. The van der Waals surface area contributed by atoms with Crippen LogP contribution in [0.3, 0.4) is 0 Å². The average Bonchev–Trinajstić information content (AvgIpc) is 3.83. The summed E-state index contributed by atoms with van der Waals surface area (Å²) in [6.45, 7) is 0. The van der Waals surface area contributed by atoms with Crippen LogP contribution in [0.25, 0.3) is 98.7 Å². The van der Waals surface area contributed by atoms with Crippen LogP contribution in [0.1, 0.15) is 0 Å². The fourth-order valence-corrected chi connectivity index (χ4v) is 7.89. The number of fused-ring (bicyclic) bond motifs is 12. The molecule has 4 aromatic heterocycles. The van der Waals surface area contributed by atoms with E-state index in [1.165, 1.54) is 71.0 Å². The number of hydrogen-bond donors (Lipinski definition) is 0. The van der Waals surface area contributed by atoms with Gasteiger partial charge in [-0.2, -0.15) is 0 Å². The maximum atomic E-state index is 6.28. The van der Waals surface area contributed by atoms with Gasteiger partial charge in [0.15, 0.2) is 0 Å². The Labute approximate surface area is 257 Å². The van der Waals surface area contributed by atoms with Crippen molar-refractivity contribution >= 4 is 81.8 Å². The Hall–Kier alpha value is -6.06. The highest BCUT2D eigenvalue weighted by atomic mass is 16.3. The molecule has 0 amide bonds. The predicted octanol–water partition coefficient (Wildman–Crippen LogP) is 11.5. The Balaban J connectivity index is 1.14. The minimum Gasteiger partial charge on any atom is -0.456 e. The number of aromatic nitrogens is 2. The van der Waals surface area contributed by atoms with Crippen LogP contribution >= 0.6 is 0 Å². The van der Waals surface area contributed by atoms with Crippen molar-refractivity contribution in [2.75, 3.05) is 0 Å². The molecule has 4 heterocycles. The molecule has 0 atom stereocenters. The van der Waals surface area contributed by atoms with Crippen LogP contribution in [-0.4, -0.2) is 8.97 Å². The zero-order valence-corrected chi connectivity index (χ0v) is 24.2. The lowest BCUT2D eigenvalue weighted by Gasteiger charge is -2.09. The number of rotatable bonds is 2. The third-order valence-corrected chi connectivity index (χ3v) is 9.85. The third kappa shape index (κ3) is 2.99. The largest absolute Gasteiger partial charge is 0.456 e. The molecule has 0 radical (unpaired) electrons. The van der Waals surface area contributed by atoms with Crippen LogP contribution in [0.15, 0.2) is 150 Å². The molecule has 208 valence electrons. The summed E-state index contributed by atoms with van der Waals surface area (Å²) in [7, 11) is 0. The van der Waals surface area contributed by atoms with Gasteiger partial charge in [-0.15, -0.1) is 0 Å². The van der Waals surface area contributed by atoms with Crippen molar-refractivity contribution in [3.8, 4) is 16.8 Å². The number of nitrogens with zero attached hydrogens (tertiary/aromatic N) is 2. The summed E-state index contributed by atoms with van der Waals surface area (Å²) in [4.78, 5) is 0. The molecule has 11 rings (SSSR count). The van der Waals surface area contributed by atoms with Gasteiger partial charge in [0.25, 0.3) is 0 Å². The molecule has 0 aliphatic heterocycles. The lowest BCUT2D eigenvalue weighted by Crippen LogP contribution is -1.93. The average molecular weight is 573 g/mol. The SMILES string of the molecule is c1ccc2c(c1)oc1cc(-n3c4ccccc4c4cc(-c5ccc6c7cccc8c9ccccc9n(c6c5)c87)ccc43)ccc12. The Morgan fingerprint density at radius 1 is 0.356 bits per heavy atom. The van der Waals surface area contributed by atoms with Crippen molar-refractivity contribution in [2.24, 2.45) is 0 Å². The van der Waals surface area contributed by atoms with Crippen molar-refractivity contribution in [1.29, 1.82) is 0 Å². The molecular weight excluding hydrogens is 548 g/mol. The first kappa shape index (κ1) is 23.4. The number of furan rings is 1. The first-order valence-corrected chi connectivity index (χ1v) is 15.4. The van der Waals surface area contributed by atoms with Crippen molar-refractivity contribution in [1.82, 2.24) is 8.97 Å². The maximum absolute atomic E-state index is 6.28. The molecule has 3 heteroatoms. The van der Waals surface area contributed by atoms with E-state index in [2.05, 4.69) is 142 Å². The molecule has 0 spiro atoms. The van der Waals surface area contributed by atoms with Gasteiger partial charge < -0.3 is 13.4 Å². The summed E-state index contributed by atoms with van der Waals surface area (Å²) < 4.78 is 11.1. The van der Waals surface area contributed by atoms with Gasteiger partial charge in [-0.3, -0.25) is 0 Å². The van der Waals surface area contributed by atoms with Gasteiger partial charge in [-0.1, -0.05) is 91.0 Å². The van der Waals surface area contributed by atoms with Gasteiger partial charge in [0.2, 0.25) is 0 Å². The molecule has 45 heavy (non-hydrogen) atoms. The maximum Gasteiger partial charge on any atom is 0.137 e. The van der Waals surface area contributed by atoms with E-state index in [9.17, 15) is 0 Å². The fourth-order valence-electron chi connectivity index (χ4n) is 7.89. The number of hydrogen-bond acceptors (Lipinski definition) is 1. The van der Waals surface area contributed by atoms with E-state index in [1.807, 2.05) is 12.1 Å². The zero-order chi connectivity index (χ0) is 29.2. The van der Waals surface area contributed by atoms with E-state index in [1.54, 1.807) is 0 Å². The van der Waals surface area contributed by atoms with Gasteiger partial charge in [-0.25, -0.2) is 0 Å². The highest BCUT2D eigenvalue weighted by Gasteiger charge is 2.19. The van der Waals surface area contributed by atoms with Crippen molar-refractivity contribution < 1.29 is 4.42 Å². The lowest BCUT2D eigenvalue weighted by molar-refractivity contribution is 0.668. The van der Waals surface area contributed by atoms with Crippen LogP contribution < -0.4 is 0 Å². The van der Waals surface area contributed by atoms with Gasteiger partial charge in [0, 0.05) is 54.8 Å². The molecular formula is C42H24N2O. The van der Waals surface area contributed by atoms with E-state index in [0.717, 1.165) is 27.6 Å². The molecule has 0 aliphatic rings. The molecule has 0 bridgehead atoms. The minimum absolute atomic E-state index is 0.905. The molecule has 0 saturated heterocycles. The standard InChI is InChI=1S/C42H24N2O/c1-5-14-37-28(8-1)33-11-7-12-34-30-19-16-26(23-39(30)44(37)42(33)34)25-17-21-38-35(22-25)29-9-2-4-13-36(29)43(38)27-18-20-32-31-10-3-6-15-40(31)45-41(32)24-27/h1-24H. The molecule has 0 N–H and O–H groups in total. The Morgan fingerprint density at radius 3 is 1.82 bits per heavy atom. The fraction of sp³-hybridized carbons (Fsp3) is 0. The van der Waals surface area contributed by atoms with Gasteiger partial charge in [0.05, 0.1) is 27.6 Å². The normalized spacial score (nSPS) is 12.4. The van der Waals surface area contributed by atoms with Crippen LogP contribution in [-0.2, 0) is 0 Å². The topological polar surface area (TPSA) is 22.5 Å². The van der Waals surface area contributed by atoms with Crippen LogP contribution in [0.5, 0.6) is 0 Å². The molecule has 7 aromatic carbocycles. The van der Waals surface area contributed by atoms with Crippen molar-refractivity contribution in [3.05, 3.63) is 146 Å². The Morgan fingerprint density at radius 2 is 0.956 bits per heavy atom. The predicted molar refractivity (Wildman–Crippen MR) is 188 cm³/mol. The first-order valence-electron chi connectivity index (χ1n) is 15.4.